The second-order valence-corrected chi connectivity index (χ2v) is 2.88. The number of Topliss-reactive ketones (excluding diaryl/α,β-unsaturated/α-hetero) is 1. The van der Waals surface area contributed by atoms with Crippen molar-refractivity contribution in [2.45, 2.75) is 26.9 Å². The molecule has 0 heterocycles. The molecule has 0 amide bonds. The summed E-state index contributed by atoms with van der Waals surface area (Å²) in [6.07, 6.45) is 1.21. The smallest absolute Gasteiger partial charge is 0.136 e. The van der Waals surface area contributed by atoms with Crippen molar-refractivity contribution >= 4 is 13.6 Å². The molecule has 0 aromatic carbocycles. The number of ketones is 1. The molecule has 0 spiro atoms. The summed E-state index contributed by atoms with van der Waals surface area (Å²) >= 11 is 0. The van der Waals surface area contributed by atoms with Crippen molar-refractivity contribution in [1.82, 2.24) is 0 Å². The topological polar surface area (TPSA) is 37.3 Å². The fourth-order valence-corrected chi connectivity index (χ4v) is 0.787. The first-order chi connectivity index (χ1) is 5.00. The van der Waals surface area contributed by atoms with E-state index in [0.29, 0.717) is 0 Å². The van der Waals surface area contributed by atoms with Crippen LogP contribution in [-0.4, -0.2) is 24.8 Å². The SMILES string of the molecule is B/C(=C/C)C(O)C(C)C(C)=O. The second kappa shape index (κ2) is 4.34. The van der Waals surface area contributed by atoms with Gasteiger partial charge in [0.15, 0.2) is 0 Å². The highest BCUT2D eigenvalue weighted by Gasteiger charge is 2.18. The largest absolute Gasteiger partial charge is 0.389 e. The van der Waals surface area contributed by atoms with Gasteiger partial charge in [0, 0.05) is 5.92 Å². The van der Waals surface area contributed by atoms with Gasteiger partial charge >= 0.3 is 0 Å². The molecule has 0 saturated heterocycles. The molecule has 0 fully saturated rings. The van der Waals surface area contributed by atoms with E-state index < -0.39 is 6.10 Å². The lowest BCUT2D eigenvalue weighted by Crippen LogP contribution is -2.25. The first-order valence-electron chi connectivity index (χ1n) is 3.82. The number of rotatable bonds is 3. The quantitative estimate of drug-likeness (QED) is 0.585. The Morgan fingerprint density at radius 2 is 2.09 bits per heavy atom. The molecule has 0 bridgehead atoms. The minimum Gasteiger partial charge on any atom is -0.389 e. The van der Waals surface area contributed by atoms with Gasteiger partial charge < -0.3 is 5.11 Å². The Bertz CT molecular complexity index is 175. The lowest BCUT2D eigenvalue weighted by molar-refractivity contribution is -0.122. The van der Waals surface area contributed by atoms with Crippen molar-refractivity contribution in [1.29, 1.82) is 0 Å². The van der Waals surface area contributed by atoms with Gasteiger partial charge in [-0.15, -0.1) is 0 Å². The molecule has 3 heteroatoms. The highest BCUT2D eigenvalue weighted by molar-refractivity contribution is 6.22. The molecular formula is C8H15BO2. The van der Waals surface area contributed by atoms with E-state index >= 15 is 0 Å². The Labute approximate surface area is 68.7 Å². The molecule has 2 unspecified atom stereocenters. The van der Waals surface area contributed by atoms with Crippen LogP contribution in [0.25, 0.3) is 0 Å². The molecule has 0 aliphatic carbocycles. The zero-order valence-electron chi connectivity index (χ0n) is 7.59. The van der Waals surface area contributed by atoms with Crippen LogP contribution in [0.2, 0.25) is 0 Å². The Kier molecular flexibility index (Phi) is 4.12. The Hall–Kier alpha value is -0.565. The maximum absolute atomic E-state index is 10.8. The van der Waals surface area contributed by atoms with E-state index in [9.17, 15) is 9.90 Å². The highest BCUT2D eigenvalue weighted by atomic mass is 16.3. The van der Waals surface area contributed by atoms with E-state index in [-0.39, 0.29) is 11.7 Å². The van der Waals surface area contributed by atoms with Crippen LogP contribution in [0, 0.1) is 5.92 Å². The average molecular weight is 154 g/mol. The van der Waals surface area contributed by atoms with Crippen LogP contribution < -0.4 is 0 Å². The standard InChI is InChI=1S/C8H15BO2/c1-4-7(9)8(11)5(2)6(3)10/h4-5,8,11H,9H2,1-3H3/b7-4+. The molecule has 1 N–H and O–H groups in total. The summed E-state index contributed by atoms with van der Waals surface area (Å²) in [6.45, 7) is 5.09. The summed E-state index contributed by atoms with van der Waals surface area (Å²) in [5.74, 6) is -0.259. The van der Waals surface area contributed by atoms with Crippen molar-refractivity contribution in [3.8, 4) is 0 Å². The number of aliphatic hydroxyl groups excluding tert-OH is 1. The van der Waals surface area contributed by atoms with Gasteiger partial charge in [0.05, 0.1) is 6.10 Å². The molecule has 0 aliphatic heterocycles. The Balaban J connectivity index is 4.24. The van der Waals surface area contributed by atoms with Crippen LogP contribution in [0.3, 0.4) is 0 Å². The Morgan fingerprint density at radius 1 is 1.64 bits per heavy atom. The molecule has 2 nitrogen and oxygen atoms in total. The first-order valence-corrected chi connectivity index (χ1v) is 3.82. The summed E-state index contributed by atoms with van der Waals surface area (Å²) in [4.78, 5) is 10.8. The zero-order chi connectivity index (χ0) is 9.02. The van der Waals surface area contributed by atoms with E-state index in [1.165, 1.54) is 6.92 Å². The summed E-state index contributed by atoms with van der Waals surface area (Å²) in [5.41, 5.74) is 0.854. The van der Waals surface area contributed by atoms with Crippen molar-refractivity contribution in [3.63, 3.8) is 0 Å². The van der Waals surface area contributed by atoms with E-state index in [1.807, 2.05) is 20.8 Å². The second-order valence-electron chi connectivity index (χ2n) is 2.88. The molecule has 11 heavy (non-hydrogen) atoms. The maximum atomic E-state index is 10.8. The van der Waals surface area contributed by atoms with Gasteiger partial charge in [-0.1, -0.05) is 18.5 Å². The molecule has 2 atom stereocenters. The van der Waals surface area contributed by atoms with Gasteiger partial charge in [-0.25, -0.2) is 0 Å². The van der Waals surface area contributed by atoms with Gasteiger partial charge in [-0.2, -0.15) is 0 Å². The van der Waals surface area contributed by atoms with Gasteiger partial charge in [0.1, 0.15) is 13.6 Å². The Morgan fingerprint density at radius 3 is 2.36 bits per heavy atom. The predicted molar refractivity (Wildman–Crippen MR) is 48.2 cm³/mol. The molecule has 0 aromatic heterocycles. The van der Waals surface area contributed by atoms with Crippen LogP contribution in [0.4, 0.5) is 0 Å². The number of aliphatic hydroxyl groups is 1. The third kappa shape index (κ3) is 2.89. The molecule has 0 aliphatic rings. The lowest BCUT2D eigenvalue weighted by Gasteiger charge is -2.16. The van der Waals surface area contributed by atoms with Gasteiger partial charge in [-0.3, -0.25) is 4.79 Å². The number of hydrogen-bond donors (Lipinski definition) is 1. The monoisotopic (exact) mass is 154 g/mol. The van der Waals surface area contributed by atoms with Crippen molar-refractivity contribution in [3.05, 3.63) is 11.5 Å². The van der Waals surface area contributed by atoms with Crippen LogP contribution in [-0.2, 0) is 4.79 Å². The predicted octanol–water partition coefficient (Wildman–Crippen LogP) is 0.109. The lowest BCUT2D eigenvalue weighted by atomic mass is 9.83. The zero-order valence-corrected chi connectivity index (χ0v) is 7.59. The number of carbonyl (C=O) groups is 1. The van der Waals surface area contributed by atoms with E-state index in [1.54, 1.807) is 6.92 Å². The van der Waals surface area contributed by atoms with Crippen molar-refractivity contribution in [2.24, 2.45) is 5.92 Å². The van der Waals surface area contributed by atoms with Crippen LogP contribution in [0.15, 0.2) is 11.5 Å². The highest BCUT2D eigenvalue weighted by Crippen LogP contribution is 2.10. The minimum absolute atomic E-state index is 0.0266. The summed E-state index contributed by atoms with van der Waals surface area (Å²) in [7, 11) is 1.82. The molecule has 0 aromatic rings. The van der Waals surface area contributed by atoms with E-state index in [4.69, 9.17) is 0 Å². The maximum Gasteiger partial charge on any atom is 0.136 e. The normalized spacial score (nSPS) is 17.6. The van der Waals surface area contributed by atoms with Gasteiger partial charge in [-0.05, 0) is 13.8 Å². The number of carbonyl (C=O) groups excluding carboxylic acids is 1. The minimum atomic E-state index is -0.613. The third-order valence-electron chi connectivity index (χ3n) is 2.04. The summed E-state index contributed by atoms with van der Waals surface area (Å²) in [5, 5.41) is 9.47. The molecule has 0 rings (SSSR count). The molecular weight excluding hydrogens is 139 g/mol. The van der Waals surface area contributed by atoms with Crippen molar-refractivity contribution in [2.75, 3.05) is 0 Å². The van der Waals surface area contributed by atoms with Crippen LogP contribution >= 0.6 is 0 Å². The third-order valence-corrected chi connectivity index (χ3v) is 2.04. The molecule has 0 saturated carbocycles. The molecule has 0 radical (unpaired) electrons. The number of hydrogen-bond acceptors (Lipinski definition) is 2. The first kappa shape index (κ1) is 10.4. The summed E-state index contributed by atoms with van der Waals surface area (Å²) < 4.78 is 0. The van der Waals surface area contributed by atoms with Crippen molar-refractivity contribution < 1.29 is 9.90 Å². The molecule has 62 valence electrons. The summed E-state index contributed by atoms with van der Waals surface area (Å²) in [6, 6.07) is 0. The fourth-order valence-electron chi connectivity index (χ4n) is 0.787. The number of allylic oxidation sites excluding steroid dienone is 1. The van der Waals surface area contributed by atoms with Crippen LogP contribution in [0.1, 0.15) is 20.8 Å². The van der Waals surface area contributed by atoms with Crippen LogP contribution in [0.5, 0.6) is 0 Å². The van der Waals surface area contributed by atoms with Gasteiger partial charge in [0.25, 0.3) is 0 Å². The van der Waals surface area contributed by atoms with Gasteiger partial charge in [0.2, 0.25) is 0 Å². The fraction of sp³-hybridized carbons (Fsp3) is 0.625. The van der Waals surface area contributed by atoms with E-state index in [2.05, 4.69) is 0 Å². The van der Waals surface area contributed by atoms with E-state index in [0.717, 1.165) is 5.47 Å². The average Bonchev–Trinajstić information content (AvgIpc) is 2.00.